The Hall–Kier alpha value is -3.18. The van der Waals surface area contributed by atoms with E-state index in [1.165, 1.54) is 0 Å². The van der Waals surface area contributed by atoms with E-state index in [4.69, 9.17) is 9.84 Å². The Morgan fingerprint density at radius 1 is 1.04 bits per heavy atom. The molecule has 0 saturated carbocycles. The lowest BCUT2D eigenvalue weighted by Crippen LogP contribution is -2.11. The third-order valence-electron chi connectivity index (χ3n) is 3.57. The molecular formula is C20H18N2O3. The maximum absolute atomic E-state index is 12.4. The van der Waals surface area contributed by atoms with E-state index in [1.807, 2.05) is 36.4 Å². The molecule has 0 saturated heterocycles. The minimum atomic E-state index is -0.221. The maximum atomic E-state index is 12.4. The molecule has 1 heterocycles. The summed E-state index contributed by atoms with van der Waals surface area (Å²) in [6.45, 7) is 0.106. The molecule has 0 aliphatic carbocycles. The Bertz CT molecular complexity index is 833. The lowest BCUT2D eigenvalue weighted by molar-refractivity contribution is 0.102. The highest BCUT2D eigenvalue weighted by molar-refractivity contribution is 6.04. The zero-order chi connectivity index (χ0) is 17.5. The van der Waals surface area contributed by atoms with Gasteiger partial charge in [0.1, 0.15) is 5.75 Å². The summed E-state index contributed by atoms with van der Waals surface area (Å²) >= 11 is 0. The number of aliphatic hydroxyl groups excluding tert-OH is 1. The van der Waals surface area contributed by atoms with Gasteiger partial charge in [0, 0.05) is 30.1 Å². The number of aromatic nitrogens is 1. The molecule has 3 rings (SSSR count). The first kappa shape index (κ1) is 16.7. The Balaban J connectivity index is 1.68. The van der Waals surface area contributed by atoms with Gasteiger partial charge in [-0.3, -0.25) is 4.79 Å². The number of benzene rings is 2. The van der Waals surface area contributed by atoms with Gasteiger partial charge in [0.15, 0.2) is 0 Å². The molecule has 3 aromatic rings. The molecule has 5 heteroatoms. The summed E-state index contributed by atoms with van der Waals surface area (Å²) in [6, 6.07) is 19.7. The van der Waals surface area contributed by atoms with Crippen molar-refractivity contribution in [3.05, 3.63) is 84.1 Å². The fourth-order valence-electron chi connectivity index (χ4n) is 2.32. The number of aliphatic hydroxyl groups is 1. The van der Waals surface area contributed by atoms with Crippen LogP contribution >= 0.6 is 0 Å². The summed E-state index contributed by atoms with van der Waals surface area (Å²) in [7, 11) is 0. The van der Waals surface area contributed by atoms with E-state index >= 15 is 0 Å². The van der Waals surface area contributed by atoms with Crippen LogP contribution in [0.25, 0.3) is 0 Å². The standard InChI is InChI=1S/C20H18N2O3/c23-13-11-15-7-9-17(10-8-15)22-20(24)16-4-3-5-18(14-16)25-19-6-1-2-12-21-19/h1-10,12,14,23H,11,13H2,(H,22,24). The fraction of sp³-hybridized carbons (Fsp3) is 0.100. The predicted octanol–water partition coefficient (Wildman–Crippen LogP) is 3.66. The smallest absolute Gasteiger partial charge is 0.255 e. The van der Waals surface area contributed by atoms with Gasteiger partial charge >= 0.3 is 0 Å². The quantitative estimate of drug-likeness (QED) is 0.722. The van der Waals surface area contributed by atoms with E-state index in [9.17, 15) is 4.79 Å². The topological polar surface area (TPSA) is 71.5 Å². The van der Waals surface area contributed by atoms with Crippen molar-refractivity contribution in [2.45, 2.75) is 6.42 Å². The Morgan fingerprint density at radius 2 is 1.88 bits per heavy atom. The van der Waals surface area contributed by atoms with E-state index in [-0.39, 0.29) is 12.5 Å². The molecule has 1 aromatic heterocycles. The van der Waals surface area contributed by atoms with Crippen LogP contribution in [-0.2, 0) is 6.42 Å². The first-order valence-corrected chi connectivity index (χ1v) is 7.95. The fourth-order valence-corrected chi connectivity index (χ4v) is 2.32. The van der Waals surface area contributed by atoms with Crippen LogP contribution in [0.1, 0.15) is 15.9 Å². The van der Waals surface area contributed by atoms with Crippen molar-refractivity contribution in [2.24, 2.45) is 0 Å². The summed E-state index contributed by atoms with van der Waals surface area (Å²) in [5.74, 6) is 0.797. The molecule has 2 N–H and O–H groups in total. The van der Waals surface area contributed by atoms with Crippen LogP contribution < -0.4 is 10.1 Å². The number of ether oxygens (including phenoxy) is 1. The van der Waals surface area contributed by atoms with Crippen LogP contribution in [0.2, 0.25) is 0 Å². The molecule has 0 fully saturated rings. The van der Waals surface area contributed by atoms with Crippen LogP contribution in [-0.4, -0.2) is 22.6 Å². The van der Waals surface area contributed by atoms with Crippen molar-refractivity contribution >= 4 is 11.6 Å². The maximum Gasteiger partial charge on any atom is 0.255 e. The summed E-state index contributed by atoms with van der Waals surface area (Å²) < 4.78 is 5.65. The van der Waals surface area contributed by atoms with Gasteiger partial charge in [-0.2, -0.15) is 0 Å². The molecule has 0 aliphatic heterocycles. The summed E-state index contributed by atoms with van der Waals surface area (Å²) in [5.41, 5.74) is 2.21. The monoisotopic (exact) mass is 334 g/mol. The molecule has 5 nitrogen and oxygen atoms in total. The van der Waals surface area contributed by atoms with E-state index in [1.54, 1.807) is 36.5 Å². The second kappa shape index (κ2) is 8.08. The van der Waals surface area contributed by atoms with E-state index in [2.05, 4.69) is 10.3 Å². The van der Waals surface area contributed by atoms with E-state index in [0.717, 1.165) is 5.56 Å². The molecule has 0 atom stereocenters. The number of hydrogen-bond acceptors (Lipinski definition) is 4. The van der Waals surface area contributed by atoms with E-state index in [0.29, 0.717) is 29.3 Å². The van der Waals surface area contributed by atoms with Crippen molar-refractivity contribution < 1.29 is 14.6 Å². The first-order chi connectivity index (χ1) is 12.2. The summed E-state index contributed by atoms with van der Waals surface area (Å²) in [5, 5.41) is 11.8. The van der Waals surface area contributed by atoms with Gasteiger partial charge in [0.05, 0.1) is 0 Å². The van der Waals surface area contributed by atoms with Crippen LogP contribution in [0.15, 0.2) is 72.9 Å². The van der Waals surface area contributed by atoms with Gasteiger partial charge in [-0.15, -0.1) is 0 Å². The van der Waals surface area contributed by atoms with Crippen LogP contribution in [0.5, 0.6) is 11.6 Å². The number of pyridine rings is 1. The van der Waals surface area contributed by atoms with Gasteiger partial charge in [0.2, 0.25) is 5.88 Å². The summed E-state index contributed by atoms with van der Waals surface area (Å²) in [6.07, 6.45) is 2.24. The highest BCUT2D eigenvalue weighted by atomic mass is 16.5. The number of nitrogens with one attached hydrogen (secondary N) is 1. The number of nitrogens with zero attached hydrogens (tertiary/aromatic N) is 1. The van der Waals surface area contributed by atoms with Crippen LogP contribution in [0, 0.1) is 0 Å². The minimum absolute atomic E-state index is 0.106. The van der Waals surface area contributed by atoms with Crippen molar-refractivity contribution in [1.82, 2.24) is 4.98 Å². The molecule has 0 bridgehead atoms. The predicted molar refractivity (Wildman–Crippen MR) is 95.9 cm³/mol. The Morgan fingerprint density at radius 3 is 2.60 bits per heavy atom. The second-order valence-corrected chi connectivity index (χ2v) is 5.42. The lowest BCUT2D eigenvalue weighted by atomic mass is 10.1. The minimum Gasteiger partial charge on any atom is -0.439 e. The zero-order valence-electron chi connectivity index (χ0n) is 13.6. The molecule has 126 valence electrons. The molecule has 0 aliphatic rings. The largest absolute Gasteiger partial charge is 0.439 e. The Labute approximate surface area is 145 Å². The average molecular weight is 334 g/mol. The van der Waals surface area contributed by atoms with Gasteiger partial charge in [-0.05, 0) is 48.4 Å². The van der Waals surface area contributed by atoms with Crippen molar-refractivity contribution in [3.8, 4) is 11.6 Å². The van der Waals surface area contributed by atoms with Crippen molar-refractivity contribution in [3.63, 3.8) is 0 Å². The molecule has 25 heavy (non-hydrogen) atoms. The van der Waals surface area contributed by atoms with Crippen LogP contribution in [0.3, 0.4) is 0 Å². The van der Waals surface area contributed by atoms with Crippen molar-refractivity contribution in [1.29, 1.82) is 0 Å². The first-order valence-electron chi connectivity index (χ1n) is 7.95. The second-order valence-electron chi connectivity index (χ2n) is 5.42. The van der Waals surface area contributed by atoms with Gasteiger partial charge in [-0.25, -0.2) is 4.98 Å². The average Bonchev–Trinajstić information content (AvgIpc) is 2.65. The SMILES string of the molecule is O=C(Nc1ccc(CCO)cc1)c1cccc(Oc2ccccn2)c1. The van der Waals surface area contributed by atoms with Gasteiger partial charge in [-0.1, -0.05) is 24.3 Å². The number of amides is 1. The Kier molecular flexibility index (Phi) is 5.39. The highest BCUT2D eigenvalue weighted by Crippen LogP contribution is 2.21. The van der Waals surface area contributed by atoms with Crippen molar-refractivity contribution in [2.75, 3.05) is 11.9 Å². The molecule has 0 unspecified atom stereocenters. The third-order valence-corrected chi connectivity index (χ3v) is 3.57. The van der Waals surface area contributed by atoms with Gasteiger partial charge in [0.25, 0.3) is 5.91 Å². The highest BCUT2D eigenvalue weighted by Gasteiger charge is 2.08. The molecule has 0 radical (unpaired) electrons. The van der Waals surface area contributed by atoms with Gasteiger partial charge < -0.3 is 15.2 Å². The number of carbonyl (C=O) groups excluding carboxylic acids is 1. The number of anilines is 1. The molecule has 0 spiro atoms. The third kappa shape index (κ3) is 4.65. The summed E-state index contributed by atoms with van der Waals surface area (Å²) in [4.78, 5) is 16.5. The number of carbonyl (C=O) groups is 1. The lowest BCUT2D eigenvalue weighted by Gasteiger charge is -2.08. The molecular weight excluding hydrogens is 316 g/mol. The van der Waals surface area contributed by atoms with Crippen LogP contribution in [0.4, 0.5) is 5.69 Å². The number of rotatable bonds is 6. The molecule has 2 aromatic carbocycles. The zero-order valence-corrected chi connectivity index (χ0v) is 13.6. The molecule has 1 amide bonds. The number of hydrogen-bond donors (Lipinski definition) is 2. The normalized spacial score (nSPS) is 10.3. The van der Waals surface area contributed by atoms with E-state index < -0.39 is 0 Å².